The van der Waals surface area contributed by atoms with Gasteiger partial charge in [0.15, 0.2) is 11.5 Å². The van der Waals surface area contributed by atoms with E-state index in [4.69, 9.17) is 10.00 Å². The van der Waals surface area contributed by atoms with E-state index in [9.17, 15) is 0 Å². The molecule has 1 aromatic heterocycles. The molecule has 0 aromatic carbocycles. The molecule has 1 N–H and O–H groups in total. The van der Waals surface area contributed by atoms with Gasteiger partial charge in [-0.05, 0) is 31.6 Å². The van der Waals surface area contributed by atoms with E-state index in [0.717, 1.165) is 25.4 Å². The van der Waals surface area contributed by atoms with Crippen molar-refractivity contribution < 1.29 is 4.74 Å². The molecule has 5 nitrogen and oxygen atoms in total. The predicted octanol–water partition coefficient (Wildman–Crippen LogP) is 1.72. The lowest BCUT2D eigenvalue weighted by Crippen LogP contribution is -2.35. The zero-order valence-corrected chi connectivity index (χ0v) is 10.2. The molecule has 0 amide bonds. The van der Waals surface area contributed by atoms with Crippen molar-refractivity contribution in [2.45, 2.75) is 37.8 Å². The molecule has 2 fully saturated rings. The highest BCUT2D eigenvalue weighted by Gasteiger charge is 2.36. The number of aromatic nitrogens is 2. The number of ether oxygens (including phenoxy) is 1. The third-order valence-electron chi connectivity index (χ3n) is 3.61. The minimum absolute atomic E-state index is 0.341. The maximum absolute atomic E-state index is 8.98. The van der Waals surface area contributed by atoms with Crippen LogP contribution in [0.1, 0.15) is 31.4 Å². The molecule has 0 radical (unpaired) electrons. The zero-order chi connectivity index (χ0) is 12.4. The lowest BCUT2D eigenvalue weighted by atomic mass is 10.00. The summed E-state index contributed by atoms with van der Waals surface area (Å²) in [5, 5.41) is 12.3. The van der Waals surface area contributed by atoms with Crippen LogP contribution in [0.25, 0.3) is 0 Å². The third-order valence-corrected chi connectivity index (χ3v) is 3.61. The van der Waals surface area contributed by atoms with E-state index in [-0.39, 0.29) is 0 Å². The molecule has 1 aliphatic carbocycles. The first kappa shape index (κ1) is 11.4. The fraction of sp³-hybridized carbons (Fsp3) is 0.615. The van der Waals surface area contributed by atoms with Crippen molar-refractivity contribution in [1.29, 1.82) is 5.26 Å². The molecule has 1 aliphatic heterocycles. The zero-order valence-electron chi connectivity index (χ0n) is 10.2. The van der Waals surface area contributed by atoms with E-state index < -0.39 is 0 Å². The highest BCUT2D eigenvalue weighted by molar-refractivity contribution is 5.47. The second-order valence-electron chi connectivity index (χ2n) is 4.98. The minimum Gasteiger partial charge on any atom is -0.378 e. The van der Waals surface area contributed by atoms with Gasteiger partial charge in [0.1, 0.15) is 6.07 Å². The van der Waals surface area contributed by atoms with Crippen LogP contribution in [0.3, 0.4) is 0 Å². The summed E-state index contributed by atoms with van der Waals surface area (Å²) in [6.07, 6.45) is 8.11. The van der Waals surface area contributed by atoms with Crippen molar-refractivity contribution in [2.75, 3.05) is 11.9 Å². The van der Waals surface area contributed by atoms with Gasteiger partial charge in [-0.25, -0.2) is 9.97 Å². The number of anilines is 1. The van der Waals surface area contributed by atoms with E-state index in [0.29, 0.717) is 23.7 Å². The van der Waals surface area contributed by atoms with Crippen molar-refractivity contribution in [1.82, 2.24) is 9.97 Å². The first-order valence-electron chi connectivity index (χ1n) is 6.46. The Morgan fingerprint density at radius 2 is 2.11 bits per heavy atom. The van der Waals surface area contributed by atoms with Crippen LogP contribution in [0, 0.1) is 17.2 Å². The number of rotatable bonds is 3. The van der Waals surface area contributed by atoms with E-state index in [1.54, 1.807) is 12.4 Å². The lowest BCUT2D eigenvalue weighted by Gasteiger charge is -2.30. The van der Waals surface area contributed by atoms with E-state index in [2.05, 4.69) is 21.4 Å². The molecule has 1 saturated heterocycles. The molecule has 5 heteroatoms. The highest BCUT2D eigenvalue weighted by Crippen LogP contribution is 2.38. The Kier molecular flexibility index (Phi) is 3.11. The summed E-state index contributed by atoms with van der Waals surface area (Å²) in [5.74, 6) is 1.35. The normalized spacial score (nSPS) is 27.5. The van der Waals surface area contributed by atoms with Gasteiger partial charge in [-0.1, -0.05) is 0 Å². The largest absolute Gasteiger partial charge is 0.378 e. The molecule has 2 atom stereocenters. The van der Waals surface area contributed by atoms with Crippen LogP contribution in [0.15, 0.2) is 12.4 Å². The van der Waals surface area contributed by atoms with Gasteiger partial charge in [-0.2, -0.15) is 5.26 Å². The molecule has 2 aliphatic rings. The number of hydrogen-bond donors (Lipinski definition) is 1. The quantitative estimate of drug-likeness (QED) is 0.876. The summed E-state index contributed by atoms with van der Waals surface area (Å²) < 4.78 is 5.79. The third kappa shape index (κ3) is 2.44. The Morgan fingerprint density at radius 3 is 2.89 bits per heavy atom. The molecule has 94 valence electrons. The maximum Gasteiger partial charge on any atom is 0.182 e. The van der Waals surface area contributed by atoms with Gasteiger partial charge in [-0.3, -0.25) is 0 Å². The fourth-order valence-corrected chi connectivity index (χ4v) is 2.47. The molecule has 2 heterocycles. The molecular weight excluding hydrogens is 228 g/mol. The van der Waals surface area contributed by atoms with E-state index in [1.807, 2.05) is 0 Å². The van der Waals surface area contributed by atoms with Gasteiger partial charge < -0.3 is 10.1 Å². The Balaban J connectivity index is 1.66. The fourth-order valence-electron chi connectivity index (χ4n) is 2.47. The minimum atomic E-state index is 0.341. The molecule has 3 rings (SSSR count). The average Bonchev–Trinajstić information content (AvgIpc) is 3.24. The van der Waals surface area contributed by atoms with Crippen LogP contribution < -0.4 is 5.32 Å². The Hall–Kier alpha value is -1.67. The summed E-state index contributed by atoms with van der Waals surface area (Å²) in [7, 11) is 0. The molecular formula is C13H16N4O. The topological polar surface area (TPSA) is 70.8 Å². The molecule has 2 unspecified atom stereocenters. The van der Waals surface area contributed by atoms with E-state index >= 15 is 0 Å². The summed E-state index contributed by atoms with van der Waals surface area (Å²) in [5.41, 5.74) is 0.368. The summed E-state index contributed by atoms with van der Waals surface area (Å²) in [4.78, 5) is 8.20. The number of nitrogens with one attached hydrogen (secondary N) is 1. The van der Waals surface area contributed by atoms with Crippen LogP contribution in [0.2, 0.25) is 0 Å². The lowest BCUT2D eigenvalue weighted by molar-refractivity contribution is -0.00224. The van der Waals surface area contributed by atoms with Gasteiger partial charge in [0, 0.05) is 25.0 Å². The van der Waals surface area contributed by atoms with Gasteiger partial charge in [0.05, 0.1) is 6.10 Å². The summed E-state index contributed by atoms with van der Waals surface area (Å²) >= 11 is 0. The van der Waals surface area contributed by atoms with Crippen LogP contribution in [0.4, 0.5) is 5.82 Å². The van der Waals surface area contributed by atoms with E-state index in [1.165, 1.54) is 12.8 Å². The molecule has 0 spiro atoms. The Labute approximate surface area is 106 Å². The van der Waals surface area contributed by atoms with Crippen molar-refractivity contribution >= 4 is 5.82 Å². The van der Waals surface area contributed by atoms with Crippen LogP contribution >= 0.6 is 0 Å². The van der Waals surface area contributed by atoms with Gasteiger partial charge >= 0.3 is 0 Å². The smallest absolute Gasteiger partial charge is 0.182 e. The molecule has 1 saturated carbocycles. The van der Waals surface area contributed by atoms with Crippen LogP contribution in [-0.4, -0.2) is 28.7 Å². The molecule has 18 heavy (non-hydrogen) atoms. The van der Waals surface area contributed by atoms with Gasteiger partial charge in [0.2, 0.25) is 0 Å². The standard InChI is InChI=1S/C13H16N4O/c14-8-11-13(16-5-4-15-11)17-10-3-6-18-12(7-10)9-1-2-9/h4-5,9-10,12H,1-3,6-7H2,(H,16,17). The maximum atomic E-state index is 8.98. The predicted molar refractivity (Wildman–Crippen MR) is 65.9 cm³/mol. The van der Waals surface area contributed by atoms with Crippen LogP contribution in [-0.2, 0) is 4.74 Å². The second-order valence-corrected chi connectivity index (χ2v) is 4.98. The van der Waals surface area contributed by atoms with Gasteiger partial charge in [-0.15, -0.1) is 0 Å². The first-order valence-corrected chi connectivity index (χ1v) is 6.46. The number of hydrogen-bond acceptors (Lipinski definition) is 5. The SMILES string of the molecule is N#Cc1nccnc1NC1CCOC(C2CC2)C1. The summed E-state index contributed by atoms with van der Waals surface area (Å²) in [6.45, 7) is 0.793. The molecule has 0 bridgehead atoms. The van der Waals surface area contributed by atoms with Crippen molar-refractivity contribution in [3.05, 3.63) is 18.1 Å². The van der Waals surface area contributed by atoms with Crippen molar-refractivity contribution in [2.24, 2.45) is 5.92 Å². The van der Waals surface area contributed by atoms with Crippen LogP contribution in [0.5, 0.6) is 0 Å². The second kappa shape index (κ2) is 4.91. The number of nitrogens with zero attached hydrogens (tertiary/aromatic N) is 3. The first-order chi connectivity index (χ1) is 8.86. The Bertz CT molecular complexity index is 466. The molecule has 1 aromatic rings. The van der Waals surface area contributed by atoms with Crippen molar-refractivity contribution in [3.63, 3.8) is 0 Å². The average molecular weight is 244 g/mol. The van der Waals surface area contributed by atoms with Gasteiger partial charge in [0.25, 0.3) is 0 Å². The Morgan fingerprint density at radius 1 is 1.28 bits per heavy atom. The highest BCUT2D eigenvalue weighted by atomic mass is 16.5. The monoisotopic (exact) mass is 244 g/mol. The summed E-state index contributed by atoms with van der Waals surface area (Å²) in [6, 6.07) is 2.40. The number of nitriles is 1. The van der Waals surface area contributed by atoms with Crippen molar-refractivity contribution in [3.8, 4) is 6.07 Å².